The molecule has 2 rings (SSSR count). The Morgan fingerprint density at radius 2 is 2.17 bits per heavy atom. The number of nitrogen functional groups attached to an aromatic ring is 1. The van der Waals surface area contributed by atoms with Crippen molar-refractivity contribution >= 4 is 5.69 Å². The van der Waals surface area contributed by atoms with Crippen LogP contribution < -0.4 is 16.0 Å². The number of hydrogen-bond donors (Lipinski definition) is 1. The average Bonchev–Trinajstić information content (AvgIpc) is 2.34. The fraction of sp³-hybridized carbons (Fsp3) is 0.231. The van der Waals surface area contributed by atoms with E-state index in [-0.39, 0.29) is 5.56 Å². The van der Waals surface area contributed by atoms with Gasteiger partial charge in [0.15, 0.2) is 0 Å². The highest BCUT2D eigenvalue weighted by atomic mass is 16.5. The first kappa shape index (κ1) is 12.2. The maximum absolute atomic E-state index is 11.6. The van der Waals surface area contributed by atoms with Gasteiger partial charge in [-0.05, 0) is 19.1 Å². The van der Waals surface area contributed by atoms with Crippen molar-refractivity contribution in [3.05, 3.63) is 52.7 Å². The molecule has 0 aliphatic heterocycles. The summed E-state index contributed by atoms with van der Waals surface area (Å²) in [5.41, 5.74) is 6.97. The van der Waals surface area contributed by atoms with Gasteiger partial charge in [0.2, 0.25) is 0 Å². The molecule has 0 amide bonds. The number of nitrogens with two attached hydrogens (primary N) is 1. The number of ether oxygens (including phenoxy) is 1. The zero-order valence-electron chi connectivity index (χ0n) is 10.2. The summed E-state index contributed by atoms with van der Waals surface area (Å²) in [7, 11) is 0. The predicted molar refractivity (Wildman–Crippen MR) is 69.6 cm³/mol. The number of aromatic nitrogens is 2. The van der Waals surface area contributed by atoms with E-state index in [1.807, 2.05) is 12.1 Å². The Hall–Kier alpha value is -2.30. The van der Waals surface area contributed by atoms with Gasteiger partial charge in [-0.3, -0.25) is 9.36 Å². The second kappa shape index (κ2) is 5.35. The molecule has 5 nitrogen and oxygen atoms in total. The minimum atomic E-state index is -0.0767. The van der Waals surface area contributed by atoms with Crippen LogP contribution in [0.4, 0.5) is 5.69 Å². The molecule has 0 radical (unpaired) electrons. The molecule has 0 bridgehead atoms. The molecule has 1 aromatic carbocycles. The largest absolute Gasteiger partial charge is 0.490 e. The first-order chi connectivity index (χ1) is 8.66. The first-order valence-electron chi connectivity index (χ1n) is 5.67. The van der Waals surface area contributed by atoms with E-state index in [1.165, 1.54) is 17.0 Å². The number of anilines is 1. The van der Waals surface area contributed by atoms with Crippen LogP contribution in [0.25, 0.3) is 0 Å². The lowest BCUT2D eigenvalue weighted by atomic mass is 10.3. The Kier molecular flexibility index (Phi) is 3.62. The lowest BCUT2D eigenvalue weighted by Gasteiger charge is -2.09. The minimum Gasteiger partial charge on any atom is -0.490 e. The third kappa shape index (κ3) is 2.88. The van der Waals surface area contributed by atoms with Gasteiger partial charge in [0.05, 0.1) is 18.6 Å². The molecule has 1 aromatic heterocycles. The van der Waals surface area contributed by atoms with Crippen LogP contribution in [-0.4, -0.2) is 16.2 Å². The SMILES string of the molecule is Cc1cc(=O)n(CCOc2ccccc2N)cn1. The Morgan fingerprint density at radius 1 is 1.39 bits per heavy atom. The molecule has 0 atom stereocenters. The highest BCUT2D eigenvalue weighted by Gasteiger charge is 2.00. The molecule has 0 aliphatic rings. The van der Waals surface area contributed by atoms with Gasteiger partial charge in [-0.15, -0.1) is 0 Å². The maximum atomic E-state index is 11.6. The molecule has 18 heavy (non-hydrogen) atoms. The van der Waals surface area contributed by atoms with E-state index in [9.17, 15) is 4.79 Å². The molecule has 94 valence electrons. The quantitative estimate of drug-likeness (QED) is 0.822. The molecule has 1 heterocycles. The van der Waals surface area contributed by atoms with Crippen molar-refractivity contribution in [2.75, 3.05) is 12.3 Å². The Labute approximate surface area is 105 Å². The van der Waals surface area contributed by atoms with E-state index in [0.29, 0.717) is 30.3 Å². The van der Waals surface area contributed by atoms with E-state index < -0.39 is 0 Å². The van der Waals surface area contributed by atoms with E-state index >= 15 is 0 Å². The van der Waals surface area contributed by atoms with Crippen molar-refractivity contribution in [1.29, 1.82) is 0 Å². The molecule has 0 aliphatic carbocycles. The smallest absolute Gasteiger partial charge is 0.253 e. The van der Waals surface area contributed by atoms with E-state index in [2.05, 4.69) is 4.98 Å². The van der Waals surface area contributed by atoms with Crippen molar-refractivity contribution in [3.8, 4) is 5.75 Å². The molecular formula is C13H15N3O2. The fourth-order valence-electron chi connectivity index (χ4n) is 1.55. The number of rotatable bonds is 4. The van der Waals surface area contributed by atoms with Crippen LogP contribution in [0.5, 0.6) is 5.75 Å². The van der Waals surface area contributed by atoms with Crippen molar-refractivity contribution < 1.29 is 4.74 Å². The third-order valence-electron chi connectivity index (χ3n) is 2.52. The van der Waals surface area contributed by atoms with Crippen LogP contribution in [0.3, 0.4) is 0 Å². The van der Waals surface area contributed by atoms with Gasteiger partial charge in [0.25, 0.3) is 5.56 Å². The van der Waals surface area contributed by atoms with E-state index in [1.54, 1.807) is 19.1 Å². The summed E-state index contributed by atoms with van der Waals surface area (Å²) in [5.74, 6) is 0.630. The second-order valence-corrected chi connectivity index (χ2v) is 3.95. The minimum absolute atomic E-state index is 0.0767. The topological polar surface area (TPSA) is 70.1 Å². The lowest BCUT2D eigenvalue weighted by molar-refractivity contribution is 0.297. The molecular weight excluding hydrogens is 230 g/mol. The molecule has 0 unspecified atom stereocenters. The van der Waals surface area contributed by atoms with Gasteiger partial charge >= 0.3 is 0 Å². The highest BCUT2D eigenvalue weighted by molar-refractivity contribution is 5.51. The van der Waals surface area contributed by atoms with Gasteiger partial charge in [-0.2, -0.15) is 0 Å². The number of benzene rings is 1. The molecule has 0 saturated carbocycles. The van der Waals surface area contributed by atoms with Crippen molar-refractivity contribution in [2.24, 2.45) is 0 Å². The molecule has 2 N–H and O–H groups in total. The Morgan fingerprint density at radius 3 is 2.89 bits per heavy atom. The normalized spacial score (nSPS) is 10.3. The van der Waals surface area contributed by atoms with Crippen LogP contribution >= 0.6 is 0 Å². The summed E-state index contributed by atoms with van der Waals surface area (Å²) in [6.45, 7) is 2.60. The monoisotopic (exact) mass is 245 g/mol. The zero-order chi connectivity index (χ0) is 13.0. The summed E-state index contributed by atoms with van der Waals surface area (Å²) >= 11 is 0. The van der Waals surface area contributed by atoms with Gasteiger partial charge in [0, 0.05) is 11.8 Å². The summed E-state index contributed by atoms with van der Waals surface area (Å²) in [5, 5.41) is 0. The third-order valence-corrected chi connectivity index (χ3v) is 2.52. The zero-order valence-corrected chi connectivity index (χ0v) is 10.2. The molecule has 0 spiro atoms. The van der Waals surface area contributed by atoms with Gasteiger partial charge < -0.3 is 10.5 Å². The van der Waals surface area contributed by atoms with Crippen LogP contribution in [0.1, 0.15) is 5.69 Å². The van der Waals surface area contributed by atoms with Gasteiger partial charge in [-0.25, -0.2) is 4.98 Å². The standard InChI is InChI=1S/C13H15N3O2/c1-10-8-13(17)16(9-15-10)6-7-18-12-5-3-2-4-11(12)14/h2-5,8-9H,6-7,14H2,1H3. The predicted octanol–water partition coefficient (Wildman–Crippen LogP) is 1.21. The summed E-state index contributed by atoms with van der Waals surface area (Å²) in [6.07, 6.45) is 1.52. The van der Waals surface area contributed by atoms with Gasteiger partial charge in [-0.1, -0.05) is 12.1 Å². The average molecular weight is 245 g/mol. The summed E-state index contributed by atoms with van der Waals surface area (Å²) in [6, 6.07) is 8.76. The molecule has 0 fully saturated rings. The number of para-hydroxylation sites is 2. The van der Waals surface area contributed by atoms with Gasteiger partial charge in [0.1, 0.15) is 12.4 Å². The number of nitrogens with zero attached hydrogens (tertiary/aromatic N) is 2. The van der Waals surface area contributed by atoms with Crippen LogP contribution in [-0.2, 0) is 6.54 Å². The van der Waals surface area contributed by atoms with Crippen molar-refractivity contribution in [2.45, 2.75) is 13.5 Å². The Balaban J connectivity index is 1.97. The highest BCUT2D eigenvalue weighted by Crippen LogP contribution is 2.19. The van der Waals surface area contributed by atoms with Crippen LogP contribution in [0.15, 0.2) is 41.5 Å². The van der Waals surface area contributed by atoms with Crippen molar-refractivity contribution in [1.82, 2.24) is 9.55 Å². The Bertz CT molecular complexity index is 593. The van der Waals surface area contributed by atoms with Crippen molar-refractivity contribution in [3.63, 3.8) is 0 Å². The molecule has 0 saturated heterocycles. The maximum Gasteiger partial charge on any atom is 0.253 e. The summed E-state index contributed by atoms with van der Waals surface area (Å²) < 4.78 is 7.02. The molecule has 5 heteroatoms. The number of aryl methyl sites for hydroxylation is 1. The number of hydrogen-bond acceptors (Lipinski definition) is 4. The summed E-state index contributed by atoms with van der Waals surface area (Å²) in [4.78, 5) is 15.7. The second-order valence-electron chi connectivity index (χ2n) is 3.95. The first-order valence-corrected chi connectivity index (χ1v) is 5.67. The van der Waals surface area contributed by atoms with E-state index in [4.69, 9.17) is 10.5 Å². The molecule has 2 aromatic rings. The lowest BCUT2D eigenvalue weighted by Crippen LogP contribution is -2.23. The van der Waals surface area contributed by atoms with E-state index in [0.717, 1.165) is 0 Å². The fourth-order valence-corrected chi connectivity index (χ4v) is 1.55. The van der Waals surface area contributed by atoms with Crippen LogP contribution in [0.2, 0.25) is 0 Å². The van der Waals surface area contributed by atoms with Crippen LogP contribution in [0, 0.1) is 6.92 Å².